The van der Waals surface area contributed by atoms with Crippen molar-refractivity contribution in [1.29, 1.82) is 0 Å². The highest BCUT2D eigenvalue weighted by Crippen LogP contribution is 2.40. The van der Waals surface area contributed by atoms with Crippen molar-refractivity contribution in [2.45, 2.75) is 88.9 Å². The van der Waals surface area contributed by atoms with Crippen LogP contribution in [-0.4, -0.2) is 30.2 Å². The molecule has 1 saturated carbocycles. The fourth-order valence-electron chi connectivity index (χ4n) is 3.30. The van der Waals surface area contributed by atoms with E-state index in [4.69, 9.17) is 14.6 Å². The van der Waals surface area contributed by atoms with Gasteiger partial charge in [0.25, 0.3) is 0 Å². The summed E-state index contributed by atoms with van der Waals surface area (Å²) in [7, 11) is 0. The van der Waals surface area contributed by atoms with Gasteiger partial charge in [0.05, 0.1) is 12.7 Å². The molecule has 3 heteroatoms. The third-order valence-corrected chi connectivity index (χ3v) is 4.46. The van der Waals surface area contributed by atoms with Gasteiger partial charge in [0.2, 0.25) is 0 Å². The number of ether oxygens (including phenoxy) is 2. The van der Waals surface area contributed by atoms with E-state index in [0.717, 1.165) is 25.9 Å². The monoisotopic (exact) mass is 270 g/mol. The summed E-state index contributed by atoms with van der Waals surface area (Å²) in [5, 5.41) is 8.69. The Morgan fingerprint density at radius 3 is 2.21 bits per heavy atom. The van der Waals surface area contributed by atoms with Gasteiger partial charge in [-0.2, -0.15) is 0 Å². The van der Waals surface area contributed by atoms with Crippen molar-refractivity contribution >= 4 is 0 Å². The summed E-state index contributed by atoms with van der Waals surface area (Å²) in [4.78, 5) is 0. The van der Waals surface area contributed by atoms with E-state index in [0.29, 0.717) is 12.7 Å². The molecule has 1 aliphatic carbocycles. The largest absolute Gasteiger partial charge is 0.396 e. The zero-order valence-electron chi connectivity index (χ0n) is 12.2. The molecular formula is C16H30O3. The molecule has 19 heavy (non-hydrogen) atoms. The molecule has 1 N–H and O–H groups in total. The molecule has 1 atom stereocenters. The van der Waals surface area contributed by atoms with E-state index < -0.39 is 0 Å². The van der Waals surface area contributed by atoms with E-state index >= 15 is 0 Å². The van der Waals surface area contributed by atoms with Crippen molar-refractivity contribution in [2.75, 3.05) is 13.2 Å². The first-order valence-corrected chi connectivity index (χ1v) is 8.27. The SMILES string of the molecule is OCCCCCCCCCC1COC2(CCCC2)O1. The van der Waals surface area contributed by atoms with Gasteiger partial charge in [-0.1, -0.05) is 38.5 Å². The second kappa shape index (κ2) is 8.23. The molecule has 0 radical (unpaired) electrons. The molecule has 1 heterocycles. The first-order chi connectivity index (χ1) is 9.35. The van der Waals surface area contributed by atoms with Crippen LogP contribution in [0.2, 0.25) is 0 Å². The van der Waals surface area contributed by atoms with E-state index in [2.05, 4.69) is 0 Å². The smallest absolute Gasteiger partial charge is 0.168 e. The molecule has 0 amide bonds. The van der Waals surface area contributed by atoms with Crippen LogP contribution < -0.4 is 0 Å². The Labute approximate surface area is 117 Å². The van der Waals surface area contributed by atoms with E-state index in [9.17, 15) is 0 Å². The maximum absolute atomic E-state index is 8.69. The zero-order chi connectivity index (χ0) is 13.4. The quantitative estimate of drug-likeness (QED) is 0.648. The van der Waals surface area contributed by atoms with Crippen LogP contribution in [0, 0.1) is 0 Å². The Balaban J connectivity index is 1.44. The second-order valence-corrected chi connectivity index (χ2v) is 6.16. The Bertz CT molecular complexity index is 236. The number of hydrogen-bond acceptors (Lipinski definition) is 3. The Morgan fingerprint density at radius 2 is 1.53 bits per heavy atom. The van der Waals surface area contributed by atoms with Crippen molar-refractivity contribution in [3.63, 3.8) is 0 Å². The van der Waals surface area contributed by atoms with Crippen LogP contribution in [0.5, 0.6) is 0 Å². The van der Waals surface area contributed by atoms with Crippen LogP contribution in [0.3, 0.4) is 0 Å². The average molecular weight is 270 g/mol. The summed E-state index contributed by atoms with van der Waals surface area (Å²) in [6.45, 7) is 1.16. The lowest BCUT2D eigenvalue weighted by molar-refractivity contribution is -0.162. The number of aliphatic hydroxyl groups excluding tert-OH is 1. The van der Waals surface area contributed by atoms with Gasteiger partial charge >= 0.3 is 0 Å². The summed E-state index contributed by atoms with van der Waals surface area (Å²) in [6.07, 6.45) is 14.9. The first-order valence-electron chi connectivity index (χ1n) is 8.27. The molecule has 1 saturated heterocycles. The molecule has 3 nitrogen and oxygen atoms in total. The Morgan fingerprint density at radius 1 is 0.895 bits per heavy atom. The molecule has 112 valence electrons. The minimum atomic E-state index is -0.172. The van der Waals surface area contributed by atoms with Crippen molar-refractivity contribution in [2.24, 2.45) is 0 Å². The van der Waals surface area contributed by atoms with Gasteiger partial charge in [0.15, 0.2) is 5.79 Å². The van der Waals surface area contributed by atoms with Crippen molar-refractivity contribution in [3.8, 4) is 0 Å². The van der Waals surface area contributed by atoms with E-state index in [1.54, 1.807) is 0 Å². The Kier molecular flexibility index (Phi) is 6.62. The number of hydrogen-bond donors (Lipinski definition) is 1. The summed E-state index contributed by atoms with van der Waals surface area (Å²) in [6, 6.07) is 0. The number of rotatable bonds is 9. The predicted octanol–water partition coefficient (Wildman–Crippen LogP) is 3.79. The molecule has 1 spiro atoms. The van der Waals surface area contributed by atoms with Crippen LogP contribution in [-0.2, 0) is 9.47 Å². The minimum absolute atomic E-state index is 0.172. The lowest BCUT2D eigenvalue weighted by Crippen LogP contribution is -2.26. The highest BCUT2D eigenvalue weighted by molar-refractivity contribution is 4.83. The second-order valence-electron chi connectivity index (χ2n) is 6.16. The first kappa shape index (κ1) is 15.3. The Hall–Kier alpha value is -0.120. The molecule has 0 bridgehead atoms. The van der Waals surface area contributed by atoms with Crippen LogP contribution in [0.15, 0.2) is 0 Å². The lowest BCUT2D eigenvalue weighted by Gasteiger charge is -2.21. The lowest BCUT2D eigenvalue weighted by atomic mass is 10.1. The molecule has 2 rings (SSSR count). The molecule has 2 aliphatic rings. The van der Waals surface area contributed by atoms with Crippen LogP contribution >= 0.6 is 0 Å². The minimum Gasteiger partial charge on any atom is -0.396 e. The van der Waals surface area contributed by atoms with E-state index in [-0.39, 0.29) is 5.79 Å². The molecular weight excluding hydrogens is 240 g/mol. The predicted molar refractivity (Wildman–Crippen MR) is 76.0 cm³/mol. The van der Waals surface area contributed by atoms with Crippen LogP contribution in [0.1, 0.15) is 77.0 Å². The van der Waals surface area contributed by atoms with Crippen LogP contribution in [0.4, 0.5) is 0 Å². The molecule has 2 fully saturated rings. The van der Waals surface area contributed by atoms with Gasteiger partial charge in [-0.3, -0.25) is 0 Å². The summed E-state index contributed by atoms with van der Waals surface area (Å²) >= 11 is 0. The maximum atomic E-state index is 8.69. The van der Waals surface area contributed by atoms with Crippen molar-refractivity contribution in [3.05, 3.63) is 0 Å². The van der Waals surface area contributed by atoms with Gasteiger partial charge in [-0.05, 0) is 25.7 Å². The fraction of sp³-hybridized carbons (Fsp3) is 1.00. The van der Waals surface area contributed by atoms with Gasteiger partial charge in [0, 0.05) is 19.4 Å². The standard InChI is InChI=1S/C16H30O3/c17-13-9-5-3-1-2-4-6-10-15-14-18-16(19-15)11-7-8-12-16/h15,17H,1-14H2. The highest BCUT2D eigenvalue weighted by Gasteiger charge is 2.43. The molecule has 0 aromatic carbocycles. The third kappa shape index (κ3) is 5.05. The molecule has 0 aromatic heterocycles. The number of aliphatic hydroxyl groups is 1. The van der Waals surface area contributed by atoms with Gasteiger partial charge in [-0.15, -0.1) is 0 Å². The molecule has 0 aromatic rings. The zero-order valence-corrected chi connectivity index (χ0v) is 12.2. The molecule has 1 aliphatic heterocycles. The van der Waals surface area contributed by atoms with Gasteiger partial charge in [-0.25, -0.2) is 0 Å². The highest BCUT2D eigenvalue weighted by atomic mass is 16.7. The van der Waals surface area contributed by atoms with Gasteiger partial charge < -0.3 is 14.6 Å². The summed E-state index contributed by atoms with van der Waals surface area (Å²) in [5.41, 5.74) is 0. The van der Waals surface area contributed by atoms with Gasteiger partial charge in [0.1, 0.15) is 0 Å². The normalized spacial score (nSPS) is 25.4. The van der Waals surface area contributed by atoms with Crippen molar-refractivity contribution in [1.82, 2.24) is 0 Å². The summed E-state index contributed by atoms with van der Waals surface area (Å²) in [5.74, 6) is -0.172. The van der Waals surface area contributed by atoms with E-state index in [1.807, 2.05) is 0 Å². The van der Waals surface area contributed by atoms with Crippen LogP contribution in [0.25, 0.3) is 0 Å². The number of unbranched alkanes of at least 4 members (excludes halogenated alkanes) is 6. The maximum Gasteiger partial charge on any atom is 0.168 e. The topological polar surface area (TPSA) is 38.7 Å². The fourth-order valence-corrected chi connectivity index (χ4v) is 3.30. The third-order valence-electron chi connectivity index (χ3n) is 4.46. The average Bonchev–Trinajstić information content (AvgIpc) is 3.04. The summed E-state index contributed by atoms with van der Waals surface area (Å²) < 4.78 is 12.0. The van der Waals surface area contributed by atoms with Crippen molar-refractivity contribution < 1.29 is 14.6 Å². The molecule has 1 unspecified atom stereocenters. The van der Waals surface area contributed by atoms with E-state index in [1.165, 1.54) is 57.8 Å².